The average molecular weight is 404 g/mol. The molecule has 3 rings (SSSR count). The maximum atomic E-state index is 11.5. The smallest absolute Gasteiger partial charge is 0.220 e. The highest BCUT2D eigenvalue weighted by molar-refractivity contribution is 7.80. The molecule has 0 radical (unpaired) electrons. The molecule has 1 amide bonds. The molecule has 0 spiro atoms. The summed E-state index contributed by atoms with van der Waals surface area (Å²) in [6, 6.07) is 11.5. The molecule has 2 N–H and O–H groups in total. The molecule has 5 nitrogen and oxygen atoms in total. The predicted molar refractivity (Wildman–Crippen MR) is 115 cm³/mol. The lowest BCUT2D eigenvalue weighted by Crippen LogP contribution is -2.25. The van der Waals surface area contributed by atoms with Crippen LogP contribution in [-0.4, -0.2) is 36.8 Å². The number of benzene rings is 2. The van der Waals surface area contributed by atoms with Crippen LogP contribution in [0, 0.1) is 0 Å². The summed E-state index contributed by atoms with van der Waals surface area (Å²) in [5.41, 5.74) is 2.70. The molecule has 1 aromatic heterocycles. The number of carbonyl (C=O) groups excluding carboxylic acids is 1. The summed E-state index contributed by atoms with van der Waals surface area (Å²) >= 11 is 10.2. The van der Waals surface area contributed by atoms with Crippen LogP contribution < -0.4 is 15.4 Å². The molecule has 0 atom stereocenters. The molecule has 0 aliphatic carbocycles. The van der Waals surface area contributed by atoms with Crippen LogP contribution >= 0.6 is 24.2 Å². The first-order chi connectivity index (χ1) is 13.1. The quantitative estimate of drug-likeness (QED) is 0.298. The number of pyridine rings is 1. The van der Waals surface area contributed by atoms with Gasteiger partial charge in [-0.3, -0.25) is 4.79 Å². The molecular formula is C20H22ClN3O2S. The minimum atomic E-state index is 0.0317. The Hall–Kier alpha value is -2.18. The average Bonchev–Trinajstić information content (AvgIpc) is 2.66. The van der Waals surface area contributed by atoms with Crippen molar-refractivity contribution in [2.75, 3.05) is 31.3 Å². The Labute approximate surface area is 168 Å². The largest absolute Gasteiger partial charge is 0.497 e. The van der Waals surface area contributed by atoms with Gasteiger partial charge < -0.3 is 15.4 Å². The van der Waals surface area contributed by atoms with Gasteiger partial charge in [-0.1, -0.05) is 11.6 Å². The predicted octanol–water partition coefficient (Wildman–Crippen LogP) is 4.29. The highest BCUT2D eigenvalue weighted by atomic mass is 35.5. The molecule has 0 saturated carbocycles. The Balaban J connectivity index is 1.85. The molecule has 1 heterocycles. The number of halogens is 1. The number of hydrogen-bond acceptors (Lipinski definition) is 5. The number of nitrogens with one attached hydrogen (secondary N) is 2. The van der Waals surface area contributed by atoms with E-state index in [2.05, 4.69) is 23.3 Å². The second kappa shape index (κ2) is 9.15. The summed E-state index contributed by atoms with van der Waals surface area (Å²) < 4.78 is 5.37. The Morgan fingerprint density at radius 3 is 2.78 bits per heavy atom. The number of aromatic nitrogens is 1. The van der Waals surface area contributed by atoms with Crippen molar-refractivity contribution in [3.63, 3.8) is 0 Å². The molecule has 3 aromatic rings. The summed E-state index contributed by atoms with van der Waals surface area (Å²) in [4.78, 5) is 16.2. The SMILES string of the molecule is COc1ccc2nc3cc(Cl)ccc3c(NCCCNC(=O)CCS)c2c1. The number of fused-ring (bicyclic) bond motifs is 2. The van der Waals surface area contributed by atoms with Crippen molar-refractivity contribution in [1.29, 1.82) is 0 Å². The van der Waals surface area contributed by atoms with Gasteiger partial charge in [0.2, 0.25) is 5.91 Å². The molecule has 7 heteroatoms. The molecule has 142 valence electrons. The molecule has 2 aromatic carbocycles. The Morgan fingerprint density at radius 2 is 2.00 bits per heavy atom. The van der Waals surface area contributed by atoms with Crippen LogP contribution in [0.4, 0.5) is 5.69 Å². The summed E-state index contributed by atoms with van der Waals surface area (Å²) in [7, 11) is 1.65. The van der Waals surface area contributed by atoms with Crippen LogP contribution in [0.25, 0.3) is 21.8 Å². The van der Waals surface area contributed by atoms with Crippen LogP contribution in [-0.2, 0) is 4.79 Å². The molecule has 0 saturated heterocycles. The molecule has 0 fully saturated rings. The van der Waals surface area contributed by atoms with Gasteiger partial charge >= 0.3 is 0 Å². The van der Waals surface area contributed by atoms with Crippen molar-refractivity contribution < 1.29 is 9.53 Å². The van der Waals surface area contributed by atoms with Crippen LogP contribution in [0.1, 0.15) is 12.8 Å². The van der Waals surface area contributed by atoms with Gasteiger partial charge in [-0.25, -0.2) is 4.98 Å². The zero-order valence-electron chi connectivity index (χ0n) is 15.1. The number of ether oxygens (including phenoxy) is 1. The lowest BCUT2D eigenvalue weighted by atomic mass is 10.1. The molecule has 27 heavy (non-hydrogen) atoms. The summed E-state index contributed by atoms with van der Waals surface area (Å²) in [6.07, 6.45) is 1.25. The summed E-state index contributed by atoms with van der Waals surface area (Å²) in [6.45, 7) is 1.34. The van der Waals surface area contributed by atoms with Crippen LogP contribution in [0.15, 0.2) is 36.4 Å². The number of carbonyl (C=O) groups is 1. The van der Waals surface area contributed by atoms with Crippen molar-refractivity contribution in [3.05, 3.63) is 41.4 Å². The molecule has 0 aliphatic rings. The minimum Gasteiger partial charge on any atom is -0.497 e. The van der Waals surface area contributed by atoms with E-state index in [4.69, 9.17) is 21.3 Å². The van der Waals surface area contributed by atoms with Gasteiger partial charge in [-0.15, -0.1) is 0 Å². The summed E-state index contributed by atoms with van der Waals surface area (Å²) in [5.74, 6) is 1.37. The van der Waals surface area contributed by atoms with E-state index in [0.717, 1.165) is 46.2 Å². The molecular weight excluding hydrogens is 382 g/mol. The Bertz CT molecular complexity index is 965. The fourth-order valence-corrected chi connectivity index (χ4v) is 3.30. The number of methoxy groups -OCH3 is 1. The monoisotopic (exact) mass is 403 g/mol. The first-order valence-electron chi connectivity index (χ1n) is 8.81. The maximum Gasteiger partial charge on any atom is 0.220 e. The van der Waals surface area contributed by atoms with Crippen molar-refractivity contribution in [3.8, 4) is 5.75 Å². The van der Waals surface area contributed by atoms with Gasteiger partial charge in [0.15, 0.2) is 0 Å². The zero-order valence-corrected chi connectivity index (χ0v) is 16.7. The van der Waals surface area contributed by atoms with Crippen molar-refractivity contribution in [2.45, 2.75) is 12.8 Å². The third-order valence-electron chi connectivity index (χ3n) is 4.26. The highest BCUT2D eigenvalue weighted by Gasteiger charge is 2.10. The van der Waals surface area contributed by atoms with Crippen LogP contribution in [0.2, 0.25) is 5.02 Å². The first-order valence-corrected chi connectivity index (χ1v) is 9.82. The minimum absolute atomic E-state index is 0.0317. The zero-order chi connectivity index (χ0) is 19.2. The van der Waals surface area contributed by atoms with E-state index in [-0.39, 0.29) is 5.91 Å². The number of hydrogen-bond donors (Lipinski definition) is 3. The third-order valence-corrected chi connectivity index (χ3v) is 4.72. The van der Waals surface area contributed by atoms with Gasteiger partial charge in [0, 0.05) is 35.3 Å². The molecule has 0 aliphatic heterocycles. The highest BCUT2D eigenvalue weighted by Crippen LogP contribution is 2.34. The lowest BCUT2D eigenvalue weighted by Gasteiger charge is -2.14. The van der Waals surface area contributed by atoms with Crippen molar-refractivity contribution in [2.24, 2.45) is 0 Å². The third kappa shape index (κ3) is 4.76. The number of thiol groups is 1. The summed E-state index contributed by atoms with van der Waals surface area (Å²) in [5, 5.41) is 9.04. The number of anilines is 1. The lowest BCUT2D eigenvalue weighted by molar-refractivity contribution is -0.120. The van der Waals surface area contributed by atoms with E-state index in [1.54, 1.807) is 7.11 Å². The topological polar surface area (TPSA) is 63.2 Å². The van der Waals surface area contributed by atoms with E-state index >= 15 is 0 Å². The van der Waals surface area contributed by atoms with Gasteiger partial charge in [-0.2, -0.15) is 12.6 Å². The fraction of sp³-hybridized carbons (Fsp3) is 0.300. The second-order valence-electron chi connectivity index (χ2n) is 6.14. The number of nitrogens with zero attached hydrogens (tertiary/aromatic N) is 1. The Morgan fingerprint density at radius 1 is 1.15 bits per heavy atom. The van der Waals surface area contributed by atoms with Crippen molar-refractivity contribution in [1.82, 2.24) is 10.3 Å². The van der Waals surface area contributed by atoms with Gasteiger partial charge in [0.1, 0.15) is 5.75 Å². The van der Waals surface area contributed by atoms with E-state index in [0.29, 0.717) is 23.7 Å². The van der Waals surface area contributed by atoms with E-state index < -0.39 is 0 Å². The van der Waals surface area contributed by atoms with E-state index in [9.17, 15) is 4.79 Å². The fourth-order valence-electron chi connectivity index (χ4n) is 2.93. The van der Waals surface area contributed by atoms with Crippen molar-refractivity contribution >= 4 is 57.6 Å². The number of amides is 1. The first kappa shape index (κ1) is 19.6. The van der Waals surface area contributed by atoms with Crippen LogP contribution in [0.5, 0.6) is 5.75 Å². The van der Waals surface area contributed by atoms with Gasteiger partial charge in [-0.05, 0) is 48.6 Å². The maximum absolute atomic E-state index is 11.5. The normalized spacial score (nSPS) is 10.9. The van der Waals surface area contributed by atoms with E-state index in [1.165, 1.54) is 0 Å². The second-order valence-corrected chi connectivity index (χ2v) is 7.02. The van der Waals surface area contributed by atoms with E-state index in [1.807, 2.05) is 36.4 Å². The Kier molecular flexibility index (Phi) is 6.63. The standard InChI is InChI=1S/C20H22ClN3O2S/c1-26-14-4-6-17-16(12-14)20(15-5-3-13(21)11-18(15)24-17)23-9-2-8-22-19(25)7-10-27/h3-6,11-12,27H,2,7-10H2,1H3,(H,22,25)(H,23,24). The molecule has 0 unspecified atom stereocenters. The van der Waals surface area contributed by atoms with Crippen LogP contribution in [0.3, 0.4) is 0 Å². The van der Waals surface area contributed by atoms with Gasteiger partial charge in [0.05, 0.1) is 23.8 Å². The van der Waals surface area contributed by atoms with Gasteiger partial charge in [0.25, 0.3) is 0 Å². The number of rotatable bonds is 8. The molecule has 0 bridgehead atoms.